The molecule has 19 heavy (non-hydrogen) atoms. The molecule has 2 heteroatoms. The van der Waals surface area contributed by atoms with Crippen LogP contribution in [0.1, 0.15) is 49.1 Å². The molecule has 2 aliphatic heterocycles. The van der Waals surface area contributed by atoms with Crippen LogP contribution in [0.15, 0.2) is 18.2 Å². The molecule has 1 aromatic carbocycles. The first-order chi connectivity index (χ1) is 9.43. The van der Waals surface area contributed by atoms with Crippen molar-refractivity contribution >= 4 is 5.69 Å². The molecule has 0 aromatic heterocycles. The summed E-state index contributed by atoms with van der Waals surface area (Å²) >= 11 is 0. The normalized spacial score (nSPS) is 30.0. The van der Waals surface area contributed by atoms with E-state index >= 15 is 0 Å². The van der Waals surface area contributed by atoms with Crippen LogP contribution in [-0.4, -0.2) is 19.6 Å². The van der Waals surface area contributed by atoms with Crippen LogP contribution < -0.4 is 10.2 Å². The van der Waals surface area contributed by atoms with Gasteiger partial charge in [-0.15, -0.1) is 0 Å². The Kier molecular flexibility index (Phi) is 2.99. The molecular weight excluding hydrogens is 232 g/mol. The third kappa shape index (κ3) is 1.97. The molecule has 0 unspecified atom stereocenters. The summed E-state index contributed by atoms with van der Waals surface area (Å²) in [6.45, 7) is 4.67. The van der Waals surface area contributed by atoms with Gasteiger partial charge in [0.1, 0.15) is 0 Å². The Bertz CT molecular complexity index is 468. The fraction of sp³-hybridized carbons (Fsp3) is 0.647. The van der Waals surface area contributed by atoms with E-state index in [1.165, 1.54) is 50.8 Å². The molecule has 4 rings (SSSR count). The van der Waals surface area contributed by atoms with E-state index in [4.69, 9.17) is 0 Å². The first-order valence-electron chi connectivity index (χ1n) is 8.01. The smallest absolute Gasteiger partial charge is 0.0447 e. The van der Waals surface area contributed by atoms with Gasteiger partial charge in [0, 0.05) is 31.9 Å². The number of rotatable bonds is 0. The van der Waals surface area contributed by atoms with Gasteiger partial charge in [-0.3, -0.25) is 0 Å². The lowest BCUT2D eigenvalue weighted by Gasteiger charge is -2.41. The van der Waals surface area contributed by atoms with E-state index in [-0.39, 0.29) is 0 Å². The van der Waals surface area contributed by atoms with Crippen LogP contribution in [0.25, 0.3) is 0 Å². The zero-order chi connectivity index (χ0) is 12.7. The number of benzene rings is 1. The molecule has 0 bridgehead atoms. The number of nitrogens with one attached hydrogen (secondary N) is 1. The summed E-state index contributed by atoms with van der Waals surface area (Å²) in [6, 6.07) is 7.02. The molecule has 2 heterocycles. The van der Waals surface area contributed by atoms with Crippen LogP contribution in [0.3, 0.4) is 0 Å². The molecule has 0 saturated heterocycles. The minimum Gasteiger partial charge on any atom is -0.369 e. The SMILES string of the molecule is c1cc2c3c(c1)[C@@H]1CCCCC[C@@H]1CN3CCNC2. The van der Waals surface area contributed by atoms with Crippen molar-refractivity contribution in [3.63, 3.8) is 0 Å². The summed E-state index contributed by atoms with van der Waals surface area (Å²) in [6.07, 6.45) is 7.19. The third-order valence-electron chi connectivity index (χ3n) is 5.35. The van der Waals surface area contributed by atoms with E-state index in [0.29, 0.717) is 0 Å². The fourth-order valence-electron chi connectivity index (χ4n) is 4.47. The molecule has 1 N–H and O–H groups in total. The predicted octanol–water partition coefficient (Wildman–Crippen LogP) is 3.27. The Labute approximate surface area is 116 Å². The topological polar surface area (TPSA) is 15.3 Å². The summed E-state index contributed by atoms with van der Waals surface area (Å²) in [4.78, 5) is 2.68. The molecule has 0 radical (unpaired) electrons. The second kappa shape index (κ2) is 4.82. The van der Waals surface area contributed by atoms with Crippen molar-refractivity contribution in [3.8, 4) is 0 Å². The zero-order valence-corrected chi connectivity index (χ0v) is 11.7. The maximum atomic E-state index is 3.57. The summed E-state index contributed by atoms with van der Waals surface area (Å²) in [7, 11) is 0. The van der Waals surface area contributed by atoms with Crippen molar-refractivity contribution in [3.05, 3.63) is 29.3 Å². The van der Waals surface area contributed by atoms with E-state index in [2.05, 4.69) is 28.4 Å². The Morgan fingerprint density at radius 3 is 3.05 bits per heavy atom. The fourth-order valence-corrected chi connectivity index (χ4v) is 4.47. The summed E-state index contributed by atoms with van der Waals surface area (Å²) in [5.74, 6) is 1.75. The van der Waals surface area contributed by atoms with Gasteiger partial charge in [0.15, 0.2) is 0 Å². The van der Waals surface area contributed by atoms with Gasteiger partial charge in [-0.05, 0) is 35.8 Å². The van der Waals surface area contributed by atoms with Gasteiger partial charge in [-0.2, -0.15) is 0 Å². The predicted molar refractivity (Wildman–Crippen MR) is 79.7 cm³/mol. The Balaban J connectivity index is 1.81. The summed E-state index contributed by atoms with van der Waals surface area (Å²) in [5, 5.41) is 3.57. The molecule has 0 spiro atoms. The van der Waals surface area contributed by atoms with Crippen LogP contribution >= 0.6 is 0 Å². The number of fused-ring (bicyclic) bond motifs is 2. The second-order valence-electron chi connectivity index (χ2n) is 6.48. The highest BCUT2D eigenvalue weighted by atomic mass is 15.2. The van der Waals surface area contributed by atoms with E-state index in [1.54, 1.807) is 11.3 Å². The van der Waals surface area contributed by atoms with E-state index < -0.39 is 0 Å². The van der Waals surface area contributed by atoms with Crippen molar-refractivity contribution < 1.29 is 0 Å². The average Bonchev–Trinajstić information content (AvgIpc) is 2.79. The Morgan fingerprint density at radius 2 is 2.05 bits per heavy atom. The second-order valence-corrected chi connectivity index (χ2v) is 6.48. The van der Waals surface area contributed by atoms with Gasteiger partial charge in [0.2, 0.25) is 0 Å². The highest BCUT2D eigenvalue weighted by Crippen LogP contribution is 2.46. The first kappa shape index (κ1) is 11.8. The minimum atomic E-state index is 0.840. The number of hydrogen-bond donors (Lipinski definition) is 1. The molecule has 3 aliphatic rings. The van der Waals surface area contributed by atoms with Gasteiger partial charge in [0.05, 0.1) is 0 Å². The van der Waals surface area contributed by atoms with Gasteiger partial charge < -0.3 is 10.2 Å². The maximum absolute atomic E-state index is 3.57. The van der Waals surface area contributed by atoms with Crippen molar-refractivity contribution in [1.82, 2.24) is 5.32 Å². The van der Waals surface area contributed by atoms with Crippen LogP contribution in [-0.2, 0) is 6.54 Å². The largest absolute Gasteiger partial charge is 0.369 e. The number of para-hydroxylation sites is 1. The van der Waals surface area contributed by atoms with Crippen molar-refractivity contribution in [2.24, 2.45) is 5.92 Å². The lowest BCUT2D eigenvalue weighted by molar-refractivity contribution is 0.380. The maximum Gasteiger partial charge on any atom is 0.0447 e. The molecule has 1 fully saturated rings. The van der Waals surface area contributed by atoms with Crippen LogP contribution in [0, 0.1) is 5.92 Å². The molecule has 2 atom stereocenters. The van der Waals surface area contributed by atoms with Crippen LogP contribution in [0.2, 0.25) is 0 Å². The Morgan fingerprint density at radius 1 is 1.11 bits per heavy atom. The third-order valence-corrected chi connectivity index (χ3v) is 5.35. The minimum absolute atomic E-state index is 0.840. The van der Waals surface area contributed by atoms with Gasteiger partial charge in [-0.25, -0.2) is 0 Å². The number of hydrogen-bond acceptors (Lipinski definition) is 2. The lowest BCUT2D eigenvalue weighted by Crippen LogP contribution is -2.39. The van der Waals surface area contributed by atoms with Crippen LogP contribution in [0.5, 0.6) is 0 Å². The standard InChI is InChI=1S/C17H24N2/c1-2-5-14-12-19-10-9-18-11-13-6-4-8-16(17(13)19)15(14)7-3-1/h4,6,8,14-15,18H,1-3,5,7,9-12H2/t14-,15-/m1/s1. The Hall–Kier alpha value is -1.02. The lowest BCUT2D eigenvalue weighted by atomic mass is 9.77. The first-order valence-corrected chi connectivity index (χ1v) is 8.01. The molecule has 1 aliphatic carbocycles. The molecule has 102 valence electrons. The van der Waals surface area contributed by atoms with E-state index in [9.17, 15) is 0 Å². The molecule has 1 aromatic rings. The highest BCUT2D eigenvalue weighted by Gasteiger charge is 2.35. The zero-order valence-electron chi connectivity index (χ0n) is 11.7. The highest BCUT2D eigenvalue weighted by molar-refractivity contribution is 5.63. The average molecular weight is 256 g/mol. The van der Waals surface area contributed by atoms with Crippen molar-refractivity contribution in [1.29, 1.82) is 0 Å². The van der Waals surface area contributed by atoms with Gasteiger partial charge in [0.25, 0.3) is 0 Å². The summed E-state index contributed by atoms with van der Waals surface area (Å²) < 4.78 is 0. The van der Waals surface area contributed by atoms with E-state index in [0.717, 1.165) is 24.9 Å². The number of anilines is 1. The van der Waals surface area contributed by atoms with Gasteiger partial charge >= 0.3 is 0 Å². The molecular formula is C17H24N2. The molecule has 1 saturated carbocycles. The van der Waals surface area contributed by atoms with E-state index in [1.807, 2.05) is 0 Å². The number of nitrogens with zero attached hydrogens (tertiary/aromatic N) is 1. The quantitative estimate of drug-likeness (QED) is 0.766. The van der Waals surface area contributed by atoms with Gasteiger partial charge in [-0.1, -0.05) is 37.5 Å². The summed E-state index contributed by atoms with van der Waals surface area (Å²) in [5.41, 5.74) is 4.78. The monoisotopic (exact) mass is 256 g/mol. The van der Waals surface area contributed by atoms with Crippen molar-refractivity contribution in [2.45, 2.75) is 44.6 Å². The molecule has 2 nitrogen and oxygen atoms in total. The van der Waals surface area contributed by atoms with Crippen LogP contribution in [0.4, 0.5) is 5.69 Å². The van der Waals surface area contributed by atoms with Crippen molar-refractivity contribution in [2.75, 3.05) is 24.5 Å². The molecule has 0 amide bonds.